The second-order valence-corrected chi connectivity index (χ2v) is 15.0. The van der Waals surface area contributed by atoms with E-state index in [9.17, 15) is 0 Å². The highest BCUT2D eigenvalue weighted by atomic mass is 16.5. The number of fused-ring (bicyclic) bond motifs is 12. The van der Waals surface area contributed by atoms with Gasteiger partial charge < -0.3 is 9.30 Å². The Labute approximate surface area is 326 Å². The highest BCUT2D eigenvalue weighted by Gasteiger charge is 2.25. The van der Waals surface area contributed by atoms with Gasteiger partial charge in [-0.3, -0.25) is 4.57 Å². The number of benzene rings is 9. The van der Waals surface area contributed by atoms with Crippen LogP contribution in [0.15, 0.2) is 182 Å². The van der Waals surface area contributed by atoms with Crippen molar-refractivity contribution < 1.29 is 4.74 Å². The van der Waals surface area contributed by atoms with E-state index in [2.05, 4.69) is 161 Å². The SMILES string of the molecule is c1ccc(-n2c3ccc(-c4ccc5c(c4)c4ccc6ccccc6c4n5-c4nc5c6c(cccc6n4)Oc4ccccc4-5)cc3c3ccc4ccccc4c32)cc1. The molecule has 0 amide bonds. The third kappa shape index (κ3) is 4.28. The van der Waals surface area contributed by atoms with Crippen LogP contribution in [-0.2, 0) is 0 Å². The van der Waals surface area contributed by atoms with E-state index in [0.717, 1.165) is 72.1 Å². The van der Waals surface area contributed by atoms with E-state index in [4.69, 9.17) is 14.7 Å². The normalized spacial score (nSPS) is 12.4. The van der Waals surface area contributed by atoms with Crippen LogP contribution in [0.3, 0.4) is 0 Å². The van der Waals surface area contributed by atoms with Gasteiger partial charge in [-0.05, 0) is 82.6 Å². The number of hydrogen-bond donors (Lipinski definition) is 0. The molecule has 57 heavy (non-hydrogen) atoms. The van der Waals surface area contributed by atoms with Gasteiger partial charge in [-0.1, -0.05) is 121 Å². The zero-order valence-corrected chi connectivity index (χ0v) is 30.5. The average Bonchev–Trinajstić information content (AvgIpc) is 3.79. The first-order valence-electron chi connectivity index (χ1n) is 19.3. The molecular formula is C52H30N4O. The third-order valence-corrected chi connectivity index (χ3v) is 11.9. The Balaban J connectivity index is 1.07. The molecule has 12 aromatic rings. The fourth-order valence-corrected chi connectivity index (χ4v) is 9.36. The Morgan fingerprint density at radius 2 is 1.00 bits per heavy atom. The zero-order valence-electron chi connectivity index (χ0n) is 30.5. The van der Waals surface area contributed by atoms with Gasteiger partial charge in [0.15, 0.2) is 0 Å². The molecule has 0 unspecified atom stereocenters. The van der Waals surface area contributed by atoms with Crippen molar-refractivity contribution in [2.45, 2.75) is 0 Å². The summed E-state index contributed by atoms with van der Waals surface area (Å²) >= 11 is 0. The number of para-hydroxylation sites is 2. The van der Waals surface area contributed by atoms with E-state index in [1.54, 1.807) is 0 Å². The standard InChI is InChI=1S/C52H30N4O/c1-2-13-35(14-3-1)55-44-27-23-33(29-41(44)38-25-21-31-11-4-6-15-36(31)50(38)55)34-24-28-45-42(30-34)39-26-22-32-12-5-7-16-37(32)51(39)56(45)52-53-43-18-10-20-47-48(43)49(54-52)40-17-8-9-19-46(40)57-47/h1-30H. The van der Waals surface area contributed by atoms with E-state index in [1.807, 2.05) is 30.3 Å². The maximum absolute atomic E-state index is 6.34. The molecule has 13 rings (SSSR count). The fraction of sp³-hybridized carbons (Fsp3) is 0. The predicted molar refractivity (Wildman–Crippen MR) is 234 cm³/mol. The van der Waals surface area contributed by atoms with Crippen LogP contribution < -0.4 is 4.74 Å². The maximum Gasteiger partial charge on any atom is 0.235 e. The Kier molecular flexibility index (Phi) is 6.10. The lowest BCUT2D eigenvalue weighted by molar-refractivity contribution is 0.486. The monoisotopic (exact) mass is 726 g/mol. The molecule has 5 nitrogen and oxygen atoms in total. The lowest BCUT2D eigenvalue weighted by Crippen LogP contribution is -2.06. The Morgan fingerprint density at radius 3 is 1.72 bits per heavy atom. The number of aromatic nitrogens is 4. The summed E-state index contributed by atoms with van der Waals surface area (Å²) in [6.45, 7) is 0. The summed E-state index contributed by atoms with van der Waals surface area (Å²) in [6.07, 6.45) is 0. The topological polar surface area (TPSA) is 44.9 Å². The zero-order chi connectivity index (χ0) is 37.2. The first-order chi connectivity index (χ1) is 28.3. The van der Waals surface area contributed by atoms with Gasteiger partial charge in [-0.2, -0.15) is 0 Å². The predicted octanol–water partition coefficient (Wildman–Crippen LogP) is 13.6. The van der Waals surface area contributed by atoms with E-state index < -0.39 is 0 Å². The highest BCUT2D eigenvalue weighted by molar-refractivity contribution is 6.21. The molecule has 0 fully saturated rings. The molecule has 0 N–H and O–H groups in total. The largest absolute Gasteiger partial charge is 0.456 e. The van der Waals surface area contributed by atoms with Crippen molar-refractivity contribution in [2.24, 2.45) is 0 Å². The van der Waals surface area contributed by atoms with E-state index >= 15 is 0 Å². The molecule has 0 radical (unpaired) electrons. The van der Waals surface area contributed by atoms with Crippen LogP contribution in [-0.4, -0.2) is 19.1 Å². The average molecular weight is 727 g/mol. The second-order valence-electron chi connectivity index (χ2n) is 15.0. The molecule has 264 valence electrons. The van der Waals surface area contributed by atoms with Gasteiger partial charge in [0.1, 0.15) is 11.5 Å². The van der Waals surface area contributed by atoms with Gasteiger partial charge in [0.25, 0.3) is 0 Å². The Morgan fingerprint density at radius 1 is 0.404 bits per heavy atom. The van der Waals surface area contributed by atoms with Crippen molar-refractivity contribution in [3.8, 4) is 45.5 Å². The van der Waals surface area contributed by atoms with Gasteiger partial charge in [0.05, 0.1) is 38.7 Å². The quantitative estimate of drug-likeness (QED) is 0.182. The summed E-state index contributed by atoms with van der Waals surface area (Å²) in [4.78, 5) is 10.6. The van der Waals surface area contributed by atoms with Gasteiger partial charge in [0.2, 0.25) is 5.95 Å². The van der Waals surface area contributed by atoms with Gasteiger partial charge in [0, 0.05) is 43.6 Å². The maximum atomic E-state index is 6.34. The van der Waals surface area contributed by atoms with Crippen LogP contribution in [0, 0.1) is 0 Å². The number of hydrogen-bond acceptors (Lipinski definition) is 3. The third-order valence-electron chi connectivity index (χ3n) is 11.9. The van der Waals surface area contributed by atoms with Crippen molar-refractivity contribution in [1.29, 1.82) is 0 Å². The molecule has 0 saturated heterocycles. The summed E-state index contributed by atoms with van der Waals surface area (Å²) in [5, 5.41) is 10.5. The van der Waals surface area contributed by atoms with Crippen LogP contribution in [0.5, 0.6) is 11.5 Å². The molecule has 0 spiro atoms. The molecule has 0 aliphatic carbocycles. The molecule has 1 aliphatic rings. The van der Waals surface area contributed by atoms with Crippen LogP contribution in [0.2, 0.25) is 0 Å². The minimum Gasteiger partial charge on any atom is -0.456 e. The molecule has 5 heteroatoms. The molecule has 0 atom stereocenters. The molecule has 1 aliphatic heterocycles. The van der Waals surface area contributed by atoms with Crippen LogP contribution in [0.4, 0.5) is 0 Å². The fourth-order valence-electron chi connectivity index (χ4n) is 9.36. The van der Waals surface area contributed by atoms with Gasteiger partial charge >= 0.3 is 0 Å². The van der Waals surface area contributed by atoms with Crippen molar-refractivity contribution in [3.63, 3.8) is 0 Å². The van der Waals surface area contributed by atoms with Crippen molar-refractivity contribution in [3.05, 3.63) is 182 Å². The highest BCUT2D eigenvalue weighted by Crippen LogP contribution is 2.46. The smallest absolute Gasteiger partial charge is 0.235 e. The molecule has 3 aromatic heterocycles. The van der Waals surface area contributed by atoms with Gasteiger partial charge in [-0.25, -0.2) is 9.97 Å². The summed E-state index contributed by atoms with van der Waals surface area (Å²) < 4.78 is 11.0. The number of ether oxygens (including phenoxy) is 1. The van der Waals surface area contributed by atoms with E-state index in [0.29, 0.717) is 5.95 Å². The molecule has 0 saturated carbocycles. The first kappa shape index (κ1) is 30.6. The minimum absolute atomic E-state index is 0.637. The van der Waals surface area contributed by atoms with Crippen molar-refractivity contribution in [2.75, 3.05) is 0 Å². The van der Waals surface area contributed by atoms with Crippen molar-refractivity contribution in [1.82, 2.24) is 19.1 Å². The van der Waals surface area contributed by atoms with Crippen LogP contribution in [0.25, 0.3) is 110 Å². The molecule has 0 bridgehead atoms. The van der Waals surface area contributed by atoms with Crippen molar-refractivity contribution >= 4 is 76.1 Å². The van der Waals surface area contributed by atoms with Crippen LogP contribution in [0.1, 0.15) is 0 Å². The van der Waals surface area contributed by atoms with E-state index in [1.165, 1.54) is 43.5 Å². The number of rotatable bonds is 3. The lowest BCUT2D eigenvalue weighted by atomic mass is 9.99. The second kappa shape index (κ2) is 11.4. The van der Waals surface area contributed by atoms with Crippen LogP contribution >= 0.6 is 0 Å². The molecule has 9 aromatic carbocycles. The minimum atomic E-state index is 0.637. The number of nitrogens with zero attached hydrogens (tertiary/aromatic N) is 4. The summed E-state index contributed by atoms with van der Waals surface area (Å²) in [6, 6.07) is 65.0. The lowest BCUT2D eigenvalue weighted by Gasteiger charge is -2.21. The summed E-state index contributed by atoms with van der Waals surface area (Å²) in [5.41, 5.74) is 10.7. The van der Waals surface area contributed by atoms with E-state index in [-0.39, 0.29) is 0 Å². The Bertz CT molecular complexity index is 3670. The Hall–Kier alpha value is -7.76. The molecular weight excluding hydrogens is 697 g/mol. The first-order valence-corrected chi connectivity index (χ1v) is 19.3. The molecule has 4 heterocycles. The summed E-state index contributed by atoms with van der Waals surface area (Å²) in [5.74, 6) is 2.22. The summed E-state index contributed by atoms with van der Waals surface area (Å²) in [7, 11) is 0. The van der Waals surface area contributed by atoms with Gasteiger partial charge in [-0.15, -0.1) is 0 Å².